The summed E-state index contributed by atoms with van der Waals surface area (Å²) in [4.78, 5) is 15.3. The van der Waals surface area contributed by atoms with Gasteiger partial charge in [0, 0.05) is 30.0 Å². The van der Waals surface area contributed by atoms with E-state index in [-0.39, 0.29) is 17.5 Å². The Kier molecular flexibility index (Phi) is 6.91. The summed E-state index contributed by atoms with van der Waals surface area (Å²) >= 11 is 0. The molecule has 3 aromatic rings. The van der Waals surface area contributed by atoms with Gasteiger partial charge in [-0.2, -0.15) is 13.2 Å². The van der Waals surface area contributed by atoms with E-state index in [2.05, 4.69) is 23.6 Å². The zero-order valence-electron chi connectivity index (χ0n) is 18.8. The van der Waals surface area contributed by atoms with E-state index in [0.29, 0.717) is 13.1 Å². The number of hydrogen-bond donors (Lipinski definition) is 0. The van der Waals surface area contributed by atoms with Gasteiger partial charge in [0.15, 0.2) is 0 Å². The second-order valence-corrected chi connectivity index (χ2v) is 8.86. The largest absolute Gasteiger partial charge is 0.416 e. The molecule has 0 N–H and O–H groups in total. The Bertz CT molecular complexity index is 1100. The smallest absolute Gasteiger partial charge is 0.345 e. The average Bonchev–Trinajstić information content (AvgIpc) is 3.25. The molecule has 6 heteroatoms. The molecule has 0 spiro atoms. The zero-order chi connectivity index (χ0) is 23.4. The van der Waals surface area contributed by atoms with Crippen molar-refractivity contribution in [2.24, 2.45) is 0 Å². The Morgan fingerprint density at radius 1 is 1.00 bits per heavy atom. The molecule has 33 heavy (non-hydrogen) atoms. The first kappa shape index (κ1) is 23.1. The number of carbonyl (C=O) groups excluding carboxylic acids is 1. The van der Waals surface area contributed by atoms with Gasteiger partial charge in [-0.1, -0.05) is 49.6 Å². The van der Waals surface area contributed by atoms with Gasteiger partial charge in [0.1, 0.15) is 0 Å². The van der Waals surface area contributed by atoms with Crippen LogP contribution in [0.1, 0.15) is 64.8 Å². The van der Waals surface area contributed by atoms with E-state index in [1.165, 1.54) is 23.3 Å². The lowest BCUT2D eigenvalue weighted by molar-refractivity contribution is -0.137. The molecule has 4 rings (SSSR count). The van der Waals surface area contributed by atoms with E-state index in [0.717, 1.165) is 49.9 Å². The topological polar surface area (TPSA) is 25.2 Å². The van der Waals surface area contributed by atoms with Gasteiger partial charge < -0.3 is 9.47 Å². The Morgan fingerprint density at radius 2 is 1.76 bits per heavy atom. The van der Waals surface area contributed by atoms with Crippen LogP contribution >= 0.6 is 0 Å². The molecule has 0 atom stereocenters. The number of benzene rings is 2. The van der Waals surface area contributed by atoms with E-state index >= 15 is 0 Å². The molecule has 0 saturated heterocycles. The van der Waals surface area contributed by atoms with Crippen molar-refractivity contribution in [1.82, 2.24) is 9.47 Å². The highest BCUT2D eigenvalue weighted by atomic mass is 19.4. The Morgan fingerprint density at radius 3 is 2.48 bits per heavy atom. The van der Waals surface area contributed by atoms with Crippen LogP contribution in [0.15, 0.2) is 66.9 Å². The highest BCUT2D eigenvalue weighted by molar-refractivity contribution is 5.94. The van der Waals surface area contributed by atoms with Crippen LogP contribution in [0.2, 0.25) is 0 Å². The van der Waals surface area contributed by atoms with E-state index in [9.17, 15) is 18.0 Å². The third-order valence-electron chi connectivity index (χ3n) is 6.57. The Balaban J connectivity index is 1.62. The van der Waals surface area contributed by atoms with Gasteiger partial charge >= 0.3 is 6.18 Å². The molecular formula is C27H29F3N2O. The van der Waals surface area contributed by atoms with Crippen molar-refractivity contribution in [2.45, 2.75) is 64.3 Å². The summed E-state index contributed by atoms with van der Waals surface area (Å²) < 4.78 is 41.9. The number of aromatic nitrogens is 1. The van der Waals surface area contributed by atoms with Crippen LogP contribution in [0, 0.1) is 6.92 Å². The molecule has 1 saturated carbocycles. The van der Waals surface area contributed by atoms with E-state index in [4.69, 9.17) is 0 Å². The summed E-state index contributed by atoms with van der Waals surface area (Å²) in [5.41, 5.74) is 2.67. The monoisotopic (exact) mass is 454 g/mol. The maximum atomic E-state index is 13.5. The predicted molar refractivity (Wildman–Crippen MR) is 123 cm³/mol. The average molecular weight is 455 g/mol. The summed E-state index contributed by atoms with van der Waals surface area (Å²) in [5.74, 6) is -0.336. The third kappa shape index (κ3) is 5.49. The first-order chi connectivity index (χ1) is 15.8. The Labute approximate surface area is 192 Å². The van der Waals surface area contributed by atoms with Gasteiger partial charge in [0.25, 0.3) is 5.91 Å². The lowest BCUT2D eigenvalue weighted by atomic mass is 9.93. The SMILES string of the molecule is Cc1ccccc1Cn1cccc1CN(C(=O)c1cccc(C(F)(F)F)c1)C1CCCCC1. The number of hydrogen-bond acceptors (Lipinski definition) is 1. The standard InChI is InChI=1S/C27H29F3N2O/c1-20-9-5-6-10-22(20)18-31-16-8-15-25(31)19-32(24-13-3-2-4-14-24)26(33)21-11-7-12-23(17-21)27(28,29)30/h5-12,15-17,24H,2-4,13-14,18-19H2,1H3. The molecule has 2 aromatic carbocycles. The van der Waals surface area contributed by atoms with Gasteiger partial charge in [-0.3, -0.25) is 4.79 Å². The minimum absolute atomic E-state index is 0.0302. The van der Waals surface area contributed by atoms with Crippen LogP contribution in [0.3, 0.4) is 0 Å². The molecule has 0 radical (unpaired) electrons. The second-order valence-electron chi connectivity index (χ2n) is 8.86. The fourth-order valence-electron chi connectivity index (χ4n) is 4.65. The molecule has 3 nitrogen and oxygen atoms in total. The number of halogens is 3. The summed E-state index contributed by atoms with van der Waals surface area (Å²) in [6, 6.07) is 17.0. The van der Waals surface area contributed by atoms with E-state index in [1.807, 2.05) is 30.5 Å². The van der Waals surface area contributed by atoms with Crippen LogP contribution in [0.4, 0.5) is 13.2 Å². The normalized spacial score (nSPS) is 14.9. The highest BCUT2D eigenvalue weighted by Gasteiger charge is 2.32. The number of amides is 1. The molecule has 1 heterocycles. The van der Waals surface area contributed by atoms with Gasteiger partial charge in [0.2, 0.25) is 0 Å². The fourth-order valence-corrected chi connectivity index (χ4v) is 4.65. The van der Waals surface area contributed by atoms with Crippen molar-refractivity contribution in [3.63, 3.8) is 0 Å². The molecule has 1 aliphatic carbocycles. The van der Waals surface area contributed by atoms with Crippen molar-refractivity contribution < 1.29 is 18.0 Å². The van der Waals surface area contributed by atoms with Crippen LogP contribution < -0.4 is 0 Å². The van der Waals surface area contributed by atoms with Crippen LogP contribution in [0.25, 0.3) is 0 Å². The number of alkyl halides is 3. The van der Waals surface area contributed by atoms with Crippen LogP contribution in [-0.4, -0.2) is 21.4 Å². The molecular weight excluding hydrogens is 425 g/mol. The zero-order valence-corrected chi connectivity index (χ0v) is 18.8. The predicted octanol–water partition coefficient (Wildman–Crippen LogP) is 6.84. The van der Waals surface area contributed by atoms with E-state index in [1.54, 1.807) is 4.90 Å². The van der Waals surface area contributed by atoms with Gasteiger partial charge in [-0.15, -0.1) is 0 Å². The molecule has 1 fully saturated rings. The summed E-state index contributed by atoms with van der Waals surface area (Å²) in [7, 11) is 0. The maximum absolute atomic E-state index is 13.5. The summed E-state index contributed by atoms with van der Waals surface area (Å²) in [6.45, 7) is 3.13. The molecule has 174 valence electrons. The van der Waals surface area contributed by atoms with Crippen LogP contribution in [0.5, 0.6) is 0 Å². The van der Waals surface area contributed by atoms with Gasteiger partial charge in [-0.05, 0) is 61.2 Å². The second kappa shape index (κ2) is 9.86. The third-order valence-corrected chi connectivity index (χ3v) is 6.57. The molecule has 1 aliphatic rings. The quantitative estimate of drug-likeness (QED) is 0.400. The summed E-state index contributed by atoms with van der Waals surface area (Å²) in [6.07, 6.45) is 2.46. The van der Waals surface area contributed by atoms with Crippen molar-refractivity contribution in [3.8, 4) is 0 Å². The minimum Gasteiger partial charge on any atom is -0.345 e. The van der Waals surface area contributed by atoms with Gasteiger partial charge in [-0.25, -0.2) is 0 Å². The fraction of sp³-hybridized carbons (Fsp3) is 0.370. The maximum Gasteiger partial charge on any atom is 0.416 e. The first-order valence-corrected chi connectivity index (χ1v) is 11.5. The lowest BCUT2D eigenvalue weighted by Gasteiger charge is -2.35. The molecule has 1 aromatic heterocycles. The number of nitrogens with zero attached hydrogens (tertiary/aromatic N) is 2. The first-order valence-electron chi connectivity index (χ1n) is 11.5. The van der Waals surface area contributed by atoms with Crippen molar-refractivity contribution in [3.05, 3.63) is 94.8 Å². The number of rotatable bonds is 6. The van der Waals surface area contributed by atoms with Crippen molar-refractivity contribution in [2.75, 3.05) is 0 Å². The molecule has 0 bridgehead atoms. The number of aryl methyl sites for hydroxylation is 1. The number of carbonyl (C=O) groups is 1. The minimum atomic E-state index is -4.48. The Hall–Kier alpha value is -3.02. The van der Waals surface area contributed by atoms with E-state index < -0.39 is 11.7 Å². The van der Waals surface area contributed by atoms with Crippen molar-refractivity contribution >= 4 is 5.91 Å². The molecule has 0 unspecified atom stereocenters. The highest BCUT2D eigenvalue weighted by Crippen LogP contribution is 2.31. The van der Waals surface area contributed by atoms with Crippen molar-refractivity contribution in [1.29, 1.82) is 0 Å². The summed E-state index contributed by atoms with van der Waals surface area (Å²) in [5, 5.41) is 0. The lowest BCUT2D eigenvalue weighted by Crippen LogP contribution is -2.41. The molecule has 0 aliphatic heterocycles. The molecule has 1 amide bonds. The van der Waals surface area contributed by atoms with Crippen LogP contribution in [-0.2, 0) is 19.3 Å². The van der Waals surface area contributed by atoms with Gasteiger partial charge in [0.05, 0.1) is 12.1 Å².